The van der Waals surface area contributed by atoms with Gasteiger partial charge in [0.2, 0.25) is 0 Å². The summed E-state index contributed by atoms with van der Waals surface area (Å²) in [5, 5.41) is 12.2. The fourth-order valence-electron chi connectivity index (χ4n) is 3.18. The predicted molar refractivity (Wildman–Crippen MR) is 109 cm³/mol. The van der Waals surface area contributed by atoms with Crippen molar-refractivity contribution in [2.24, 2.45) is 0 Å². The first-order valence-electron chi connectivity index (χ1n) is 9.14. The second-order valence-electron chi connectivity index (χ2n) is 6.71. The summed E-state index contributed by atoms with van der Waals surface area (Å²) in [6.07, 6.45) is 10.3. The molecular formula is C20H16N8O2. The standard InChI is InChI=1S/C20H16N8O2/c29-19-16(24-20(30)26-19)9-14-10-22-28-6-4-17(25-18(14)28)23-15-3-1-2-13(8-15)11-27-7-5-21-12-27/h1-10,12H,11H2,(H,23,25)(H2,24,26,29,30)/b16-9+. The second-order valence-corrected chi connectivity index (χ2v) is 6.71. The van der Waals surface area contributed by atoms with Crippen LogP contribution in [0.4, 0.5) is 16.3 Å². The third-order valence-electron chi connectivity index (χ3n) is 4.54. The Kier molecular flexibility index (Phi) is 4.21. The van der Waals surface area contributed by atoms with Gasteiger partial charge in [-0.05, 0) is 29.8 Å². The number of carbonyl (C=O) groups is 2. The van der Waals surface area contributed by atoms with Crippen molar-refractivity contribution in [2.45, 2.75) is 6.54 Å². The molecule has 0 spiro atoms. The van der Waals surface area contributed by atoms with Gasteiger partial charge < -0.3 is 15.2 Å². The number of amides is 3. The number of hydrogen-bond donors (Lipinski definition) is 3. The SMILES string of the molecule is O=C1NC(=O)/C(=C\c2cnn3ccc(Nc4cccc(Cn5ccnc5)c4)nc23)N1. The van der Waals surface area contributed by atoms with Crippen molar-refractivity contribution in [3.8, 4) is 0 Å². The van der Waals surface area contributed by atoms with Gasteiger partial charge in [-0.3, -0.25) is 10.1 Å². The molecule has 3 N–H and O–H groups in total. The minimum atomic E-state index is -0.548. The van der Waals surface area contributed by atoms with Crippen molar-refractivity contribution in [3.05, 3.63) is 78.3 Å². The molecule has 1 aromatic carbocycles. The predicted octanol–water partition coefficient (Wildman–Crippen LogP) is 1.90. The van der Waals surface area contributed by atoms with Crippen LogP contribution in [0.25, 0.3) is 11.7 Å². The van der Waals surface area contributed by atoms with Crippen molar-refractivity contribution in [2.75, 3.05) is 5.32 Å². The van der Waals surface area contributed by atoms with Crippen molar-refractivity contribution in [1.82, 2.24) is 34.8 Å². The van der Waals surface area contributed by atoms with Gasteiger partial charge in [-0.25, -0.2) is 19.3 Å². The van der Waals surface area contributed by atoms with E-state index in [-0.39, 0.29) is 5.70 Å². The molecule has 10 heteroatoms. The highest BCUT2D eigenvalue weighted by Gasteiger charge is 2.23. The lowest BCUT2D eigenvalue weighted by molar-refractivity contribution is -0.115. The number of rotatable bonds is 5. The molecule has 4 aromatic rings. The summed E-state index contributed by atoms with van der Waals surface area (Å²) in [6.45, 7) is 0.718. The highest BCUT2D eigenvalue weighted by molar-refractivity contribution is 6.14. The molecular weight excluding hydrogens is 384 g/mol. The van der Waals surface area contributed by atoms with Crippen LogP contribution in [-0.4, -0.2) is 36.1 Å². The number of imidazole rings is 1. The van der Waals surface area contributed by atoms with Gasteiger partial charge >= 0.3 is 6.03 Å². The Labute approximate surface area is 170 Å². The topological polar surface area (TPSA) is 118 Å². The Morgan fingerprint density at radius 3 is 2.87 bits per heavy atom. The summed E-state index contributed by atoms with van der Waals surface area (Å²) in [4.78, 5) is 31.7. The van der Waals surface area contributed by atoms with Crippen LogP contribution in [-0.2, 0) is 11.3 Å². The van der Waals surface area contributed by atoms with E-state index >= 15 is 0 Å². The van der Waals surface area contributed by atoms with E-state index in [9.17, 15) is 9.59 Å². The number of anilines is 2. The van der Waals surface area contributed by atoms with Crippen LogP contribution in [0, 0.1) is 0 Å². The Bertz CT molecular complexity index is 1290. The van der Waals surface area contributed by atoms with Gasteiger partial charge in [0.15, 0.2) is 5.65 Å². The van der Waals surface area contributed by atoms with E-state index in [1.54, 1.807) is 35.5 Å². The Morgan fingerprint density at radius 2 is 2.07 bits per heavy atom. The lowest BCUT2D eigenvalue weighted by Gasteiger charge is -2.09. The largest absolute Gasteiger partial charge is 0.340 e. The highest BCUT2D eigenvalue weighted by atomic mass is 16.2. The maximum absolute atomic E-state index is 11.8. The normalized spacial score (nSPS) is 14.9. The first kappa shape index (κ1) is 17.6. The molecule has 0 atom stereocenters. The highest BCUT2D eigenvalue weighted by Crippen LogP contribution is 2.20. The van der Waals surface area contributed by atoms with E-state index in [1.807, 2.05) is 41.1 Å². The average molecular weight is 400 g/mol. The molecule has 0 radical (unpaired) electrons. The number of benzene rings is 1. The molecule has 1 fully saturated rings. The maximum atomic E-state index is 11.8. The van der Waals surface area contributed by atoms with Crippen molar-refractivity contribution >= 4 is 35.2 Å². The molecule has 0 saturated carbocycles. The first-order valence-corrected chi connectivity index (χ1v) is 9.14. The molecule has 3 aromatic heterocycles. The van der Waals surface area contributed by atoms with E-state index in [1.165, 1.54) is 0 Å². The quantitative estimate of drug-likeness (QED) is 0.348. The van der Waals surface area contributed by atoms with Crippen LogP contribution in [0.5, 0.6) is 0 Å². The maximum Gasteiger partial charge on any atom is 0.326 e. The molecule has 0 bridgehead atoms. The van der Waals surface area contributed by atoms with Gasteiger partial charge in [0.1, 0.15) is 11.5 Å². The summed E-state index contributed by atoms with van der Waals surface area (Å²) in [7, 11) is 0. The zero-order valence-corrected chi connectivity index (χ0v) is 15.6. The van der Waals surface area contributed by atoms with Gasteiger partial charge in [-0.2, -0.15) is 5.10 Å². The minimum absolute atomic E-state index is 0.155. The van der Waals surface area contributed by atoms with Crippen LogP contribution in [0.1, 0.15) is 11.1 Å². The van der Waals surface area contributed by atoms with Gasteiger partial charge in [0.25, 0.3) is 5.91 Å². The smallest absolute Gasteiger partial charge is 0.326 e. The Morgan fingerprint density at radius 1 is 1.13 bits per heavy atom. The number of carbonyl (C=O) groups excluding carboxylic acids is 2. The average Bonchev–Trinajstić information content (AvgIpc) is 3.44. The molecule has 30 heavy (non-hydrogen) atoms. The number of fused-ring (bicyclic) bond motifs is 1. The minimum Gasteiger partial charge on any atom is -0.340 e. The molecule has 3 amide bonds. The zero-order chi connectivity index (χ0) is 20.5. The molecule has 0 aliphatic carbocycles. The number of nitrogens with one attached hydrogen (secondary N) is 3. The van der Waals surface area contributed by atoms with E-state index in [2.05, 4.69) is 31.0 Å². The molecule has 10 nitrogen and oxygen atoms in total. The Hall–Kier alpha value is -4.47. The fraction of sp³-hybridized carbons (Fsp3) is 0.0500. The van der Waals surface area contributed by atoms with E-state index < -0.39 is 11.9 Å². The van der Waals surface area contributed by atoms with Gasteiger partial charge in [0.05, 0.1) is 12.5 Å². The molecule has 5 rings (SSSR count). The van der Waals surface area contributed by atoms with Crippen LogP contribution in [0.15, 0.2) is 67.1 Å². The monoisotopic (exact) mass is 400 g/mol. The molecule has 1 aliphatic heterocycles. The molecule has 4 heterocycles. The number of imide groups is 1. The molecule has 1 saturated heterocycles. The number of urea groups is 1. The van der Waals surface area contributed by atoms with Crippen molar-refractivity contribution < 1.29 is 9.59 Å². The summed E-state index contributed by atoms with van der Waals surface area (Å²) in [6, 6.07) is 9.29. The summed E-state index contributed by atoms with van der Waals surface area (Å²) in [5.74, 6) is 0.144. The van der Waals surface area contributed by atoms with Gasteiger partial charge in [-0.1, -0.05) is 12.1 Å². The second kappa shape index (κ2) is 7.17. The summed E-state index contributed by atoms with van der Waals surface area (Å²) < 4.78 is 3.59. The third kappa shape index (κ3) is 3.49. The van der Waals surface area contributed by atoms with E-state index in [0.717, 1.165) is 17.8 Å². The lowest BCUT2D eigenvalue weighted by Crippen LogP contribution is -2.22. The summed E-state index contributed by atoms with van der Waals surface area (Å²) >= 11 is 0. The third-order valence-corrected chi connectivity index (χ3v) is 4.54. The Balaban J connectivity index is 1.41. The van der Waals surface area contributed by atoms with Crippen LogP contribution < -0.4 is 16.0 Å². The van der Waals surface area contributed by atoms with E-state index in [0.29, 0.717) is 17.0 Å². The van der Waals surface area contributed by atoms with Crippen molar-refractivity contribution in [1.29, 1.82) is 0 Å². The van der Waals surface area contributed by atoms with Crippen molar-refractivity contribution in [3.63, 3.8) is 0 Å². The molecule has 148 valence electrons. The van der Waals surface area contributed by atoms with Crippen LogP contribution in [0.2, 0.25) is 0 Å². The van der Waals surface area contributed by atoms with Gasteiger partial charge in [0, 0.05) is 36.4 Å². The first-order chi connectivity index (χ1) is 14.6. The zero-order valence-electron chi connectivity index (χ0n) is 15.6. The number of nitrogens with zero attached hydrogens (tertiary/aromatic N) is 5. The lowest BCUT2D eigenvalue weighted by atomic mass is 10.2. The van der Waals surface area contributed by atoms with Gasteiger partial charge in [-0.15, -0.1) is 0 Å². The van der Waals surface area contributed by atoms with Crippen LogP contribution in [0.3, 0.4) is 0 Å². The van der Waals surface area contributed by atoms with E-state index in [4.69, 9.17) is 0 Å². The molecule has 1 aliphatic rings. The number of hydrogen-bond acceptors (Lipinski definition) is 6. The van der Waals surface area contributed by atoms with Crippen LogP contribution >= 0.6 is 0 Å². The summed E-state index contributed by atoms with van der Waals surface area (Å²) in [5.41, 5.74) is 3.33. The fourth-order valence-corrected chi connectivity index (χ4v) is 3.18. The molecule has 0 unspecified atom stereocenters. The number of aromatic nitrogens is 5.